The minimum atomic E-state index is 0.124. The number of nitrogens with zero attached hydrogens (tertiary/aromatic N) is 1. The highest BCUT2D eigenvalue weighted by atomic mass is 16.2. The fourth-order valence-electron chi connectivity index (χ4n) is 2.31. The number of benzene rings is 1. The Morgan fingerprint density at radius 1 is 1.30 bits per heavy atom. The quantitative estimate of drug-likeness (QED) is 0.707. The monoisotopic (exact) mass is 273 g/mol. The summed E-state index contributed by atoms with van der Waals surface area (Å²) in [5.74, 6) is 0. The fraction of sp³-hybridized carbons (Fsp3) is 0.438. The first-order valence-electron chi connectivity index (χ1n) is 7.01. The molecule has 108 valence electrons. The smallest absolute Gasteiger partial charge is 0.0724 e. The van der Waals surface area contributed by atoms with Crippen molar-refractivity contribution >= 4 is 22.3 Å². The molecule has 0 atom stereocenters. The Kier molecular flexibility index (Phi) is 4.45. The third kappa shape index (κ3) is 3.39. The molecule has 0 saturated heterocycles. The van der Waals surface area contributed by atoms with Crippen LogP contribution in [0.15, 0.2) is 30.5 Å². The molecule has 0 aliphatic carbocycles. The van der Waals surface area contributed by atoms with Gasteiger partial charge in [-0.2, -0.15) is 0 Å². The maximum absolute atomic E-state index is 8.93. The van der Waals surface area contributed by atoms with Crippen LogP contribution in [0, 0.1) is 5.41 Å². The first-order chi connectivity index (χ1) is 9.53. The normalized spacial score (nSPS) is 11.8. The molecule has 0 aliphatic heterocycles. The summed E-state index contributed by atoms with van der Waals surface area (Å²) in [7, 11) is 0. The van der Waals surface area contributed by atoms with E-state index in [2.05, 4.69) is 24.1 Å². The highest BCUT2D eigenvalue weighted by Gasteiger charge is 2.17. The van der Waals surface area contributed by atoms with E-state index < -0.39 is 0 Å². The Balaban J connectivity index is 2.12. The van der Waals surface area contributed by atoms with Gasteiger partial charge in [-0.1, -0.05) is 13.8 Å². The summed E-state index contributed by atoms with van der Waals surface area (Å²) in [4.78, 5) is 4.30. The number of hydrogen-bond acceptors (Lipinski definition) is 4. The molecule has 0 saturated carbocycles. The Morgan fingerprint density at radius 3 is 2.85 bits per heavy atom. The number of nitrogens with two attached hydrogens (primary N) is 1. The Bertz CT molecular complexity index is 581. The summed E-state index contributed by atoms with van der Waals surface area (Å²) in [6.45, 7) is 5.44. The number of pyridine rings is 1. The molecule has 2 rings (SSSR count). The minimum absolute atomic E-state index is 0.124. The first kappa shape index (κ1) is 14.6. The summed E-state index contributed by atoms with van der Waals surface area (Å²) >= 11 is 0. The van der Waals surface area contributed by atoms with Gasteiger partial charge in [0.25, 0.3) is 0 Å². The molecule has 0 amide bonds. The molecule has 4 N–H and O–H groups in total. The number of anilines is 2. The van der Waals surface area contributed by atoms with Gasteiger partial charge in [-0.3, -0.25) is 4.98 Å². The largest absolute Gasteiger partial charge is 0.397 e. The van der Waals surface area contributed by atoms with Crippen molar-refractivity contribution in [3.63, 3.8) is 0 Å². The van der Waals surface area contributed by atoms with Crippen LogP contribution in [0.4, 0.5) is 11.4 Å². The van der Waals surface area contributed by atoms with E-state index in [0.717, 1.165) is 41.7 Å². The minimum Gasteiger partial charge on any atom is -0.397 e. The van der Waals surface area contributed by atoms with Crippen molar-refractivity contribution in [1.29, 1.82) is 0 Å². The molecule has 1 aromatic heterocycles. The number of fused-ring (bicyclic) bond motifs is 1. The maximum Gasteiger partial charge on any atom is 0.0724 e. The van der Waals surface area contributed by atoms with Crippen LogP contribution in [0.5, 0.6) is 0 Å². The van der Waals surface area contributed by atoms with Crippen LogP contribution in [0.3, 0.4) is 0 Å². The van der Waals surface area contributed by atoms with Gasteiger partial charge in [0.1, 0.15) is 0 Å². The molecule has 4 nitrogen and oxygen atoms in total. The van der Waals surface area contributed by atoms with Crippen molar-refractivity contribution in [1.82, 2.24) is 4.98 Å². The number of aliphatic hydroxyl groups is 1. The van der Waals surface area contributed by atoms with Gasteiger partial charge < -0.3 is 16.2 Å². The van der Waals surface area contributed by atoms with E-state index in [4.69, 9.17) is 10.8 Å². The van der Waals surface area contributed by atoms with Gasteiger partial charge in [-0.05, 0) is 42.5 Å². The highest BCUT2D eigenvalue weighted by molar-refractivity contribution is 5.96. The molecule has 4 heteroatoms. The molecular formula is C16H23N3O. The number of hydrogen-bond donors (Lipinski definition) is 3. The SMILES string of the molecule is CC(C)(CCCO)CNc1ccc2ncccc2c1N. The van der Waals surface area contributed by atoms with Crippen molar-refractivity contribution in [2.75, 3.05) is 24.2 Å². The van der Waals surface area contributed by atoms with Crippen LogP contribution < -0.4 is 11.1 Å². The van der Waals surface area contributed by atoms with Crippen molar-refractivity contribution < 1.29 is 5.11 Å². The third-order valence-electron chi connectivity index (χ3n) is 3.60. The molecule has 0 unspecified atom stereocenters. The van der Waals surface area contributed by atoms with Crippen LogP contribution in [0.1, 0.15) is 26.7 Å². The predicted molar refractivity (Wildman–Crippen MR) is 84.7 cm³/mol. The number of aromatic nitrogens is 1. The van der Waals surface area contributed by atoms with Crippen LogP contribution in [0.2, 0.25) is 0 Å². The van der Waals surface area contributed by atoms with Crippen molar-refractivity contribution in [2.24, 2.45) is 5.41 Å². The van der Waals surface area contributed by atoms with Crippen LogP contribution >= 0.6 is 0 Å². The number of rotatable bonds is 6. The summed E-state index contributed by atoms with van der Waals surface area (Å²) in [6.07, 6.45) is 3.57. The lowest BCUT2D eigenvalue weighted by molar-refractivity contribution is 0.248. The van der Waals surface area contributed by atoms with Crippen LogP contribution in [0.25, 0.3) is 10.9 Å². The van der Waals surface area contributed by atoms with Gasteiger partial charge in [0.05, 0.1) is 16.9 Å². The van der Waals surface area contributed by atoms with E-state index in [1.54, 1.807) is 6.20 Å². The van der Waals surface area contributed by atoms with Gasteiger partial charge in [-0.25, -0.2) is 0 Å². The Hall–Kier alpha value is -1.81. The van der Waals surface area contributed by atoms with E-state index in [1.165, 1.54) is 0 Å². The summed E-state index contributed by atoms with van der Waals surface area (Å²) < 4.78 is 0. The molecule has 2 aromatic rings. The molecule has 0 spiro atoms. The second kappa shape index (κ2) is 6.09. The van der Waals surface area contributed by atoms with Gasteiger partial charge in [-0.15, -0.1) is 0 Å². The van der Waals surface area contributed by atoms with Gasteiger partial charge in [0.2, 0.25) is 0 Å². The third-order valence-corrected chi connectivity index (χ3v) is 3.60. The molecule has 0 radical (unpaired) electrons. The number of nitrogens with one attached hydrogen (secondary N) is 1. The summed E-state index contributed by atoms with van der Waals surface area (Å²) in [6, 6.07) is 7.84. The average molecular weight is 273 g/mol. The van der Waals surface area contributed by atoms with Gasteiger partial charge in [0, 0.05) is 24.7 Å². The van der Waals surface area contributed by atoms with E-state index in [-0.39, 0.29) is 12.0 Å². The van der Waals surface area contributed by atoms with Crippen molar-refractivity contribution in [2.45, 2.75) is 26.7 Å². The molecule has 0 aliphatic rings. The van der Waals surface area contributed by atoms with Crippen molar-refractivity contribution in [3.05, 3.63) is 30.5 Å². The first-order valence-corrected chi connectivity index (χ1v) is 7.01. The molecule has 0 fully saturated rings. The predicted octanol–water partition coefficient (Wildman–Crippen LogP) is 3.03. The molecule has 0 bridgehead atoms. The summed E-state index contributed by atoms with van der Waals surface area (Å²) in [5.41, 5.74) is 8.93. The summed E-state index contributed by atoms with van der Waals surface area (Å²) in [5, 5.41) is 13.3. The van der Waals surface area contributed by atoms with E-state index in [1.807, 2.05) is 24.3 Å². The lowest BCUT2D eigenvalue weighted by Gasteiger charge is -2.25. The molecule has 1 aromatic carbocycles. The average Bonchev–Trinajstić information content (AvgIpc) is 2.45. The molecule has 1 heterocycles. The topological polar surface area (TPSA) is 71.2 Å². The lowest BCUT2D eigenvalue weighted by atomic mass is 9.88. The molecule has 20 heavy (non-hydrogen) atoms. The standard InChI is InChI=1S/C16H23N3O/c1-16(2,8-4-10-20)11-19-14-7-6-13-12(15(14)17)5-3-9-18-13/h3,5-7,9,19-20H,4,8,10-11,17H2,1-2H3. The number of nitrogen functional groups attached to an aromatic ring is 1. The zero-order valence-corrected chi connectivity index (χ0v) is 12.2. The maximum atomic E-state index is 8.93. The molecular weight excluding hydrogens is 250 g/mol. The Morgan fingerprint density at radius 2 is 2.10 bits per heavy atom. The fourth-order valence-corrected chi connectivity index (χ4v) is 2.31. The van der Waals surface area contributed by atoms with Crippen molar-refractivity contribution in [3.8, 4) is 0 Å². The second-order valence-corrected chi connectivity index (χ2v) is 5.94. The zero-order chi connectivity index (χ0) is 14.6. The Labute approximate surface area is 120 Å². The van der Waals surface area contributed by atoms with Gasteiger partial charge >= 0.3 is 0 Å². The lowest BCUT2D eigenvalue weighted by Crippen LogP contribution is -2.23. The second-order valence-electron chi connectivity index (χ2n) is 5.94. The van der Waals surface area contributed by atoms with E-state index in [9.17, 15) is 0 Å². The van der Waals surface area contributed by atoms with E-state index in [0.29, 0.717) is 0 Å². The highest BCUT2D eigenvalue weighted by Crippen LogP contribution is 2.29. The van der Waals surface area contributed by atoms with Crippen LogP contribution in [-0.2, 0) is 0 Å². The zero-order valence-electron chi connectivity index (χ0n) is 12.2. The van der Waals surface area contributed by atoms with Gasteiger partial charge in [0.15, 0.2) is 0 Å². The van der Waals surface area contributed by atoms with E-state index >= 15 is 0 Å². The van der Waals surface area contributed by atoms with Crippen LogP contribution in [-0.4, -0.2) is 23.2 Å². The number of aliphatic hydroxyl groups excluding tert-OH is 1.